The Morgan fingerprint density at radius 2 is 2.36 bits per heavy atom. The van der Waals surface area contributed by atoms with Crippen molar-refractivity contribution >= 4 is 11.3 Å². The second-order valence-electron chi connectivity index (χ2n) is 4.29. The Bertz CT molecular complexity index is 336. The quantitative estimate of drug-likeness (QED) is 0.707. The smallest absolute Gasteiger partial charge is 0.104 e. The first-order valence-electron chi connectivity index (χ1n) is 5.34. The molecule has 1 aromatic rings. The van der Waals surface area contributed by atoms with Crippen molar-refractivity contribution in [2.45, 2.75) is 38.0 Å². The summed E-state index contributed by atoms with van der Waals surface area (Å²) in [4.78, 5) is 3.66. The Hall–Kier alpha value is -0.380. The van der Waals surface area contributed by atoms with Crippen molar-refractivity contribution in [3.63, 3.8) is 0 Å². The molecular formula is C11H15NOS. The lowest BCUT2D eigenvalue weighted by atomic mass is 9.91. The van der Waals surface area contributed by atoms with Gasteiger partial charge in [-0.3, -0.25) is 4.90 Å². The van der Waals surface area contributed by atoms with Gasteiger partial charge in [0.25, 0.3) is 0 Å². The summed E-state index contributed by atoms with van der Waals surface area (Å²) in [5, 5.41) is 12.3. The lowest BCUT2D eigenvalue weighted by Crippen LogP contribution is -2.45. The Morgan fingerprint density at radius 3 is 3.29 bits per heavy atom. The third-order valence-electron chi connectivity index (χ3n) is 3.45. The van der Waals surface area contributed by atoms with Crippen molar-refractivity contribution in [1.29, 1.82) is 0 Å². The van der Waals surface area contributed by atoms with Crippen LogP contribution in [0.4, 0.5) is 0 Å². The molecule has 1 saturated heterocycles. The molecular weight excluding hydrogens is 194 g/mol. The number of piperidine rings is 1. The van der Waals surface area contributed by atoms with Crippen LogP contribution in [0.1, 0.15) is 35.8 Å². The van der Waals surface area contributed by atoms with Gasteiger partial charge in [-0.2, -0.15) is 0 Å². The van der Waals surface area contributed by atoms with Gasteiger partial charge in [0.2, 0.25) is 0 Å². The normalized spacial score (nSPS) is 32.4. The van der Waals surface area contributed by atoms with Gasteiger partial charge in [-0.1, -0.05) is 6.42 Å². The van der Waals surface area contributed by atoms with Crippen molar-refractivity contribution < 1.29 is 5.11 Å². The molecule has 2 aliphatic rings. The van der Waals surface area contributed by atoms with Crippen LogP contribution in [0, 0.1) is 0 Å². The Balaban J connectivity index is 1.96. The number of aliphatic hydroxyl groups is 1. The van der Waals surface area contributed by atoms with Gasteiger partial charge in [-0.15, -0.1) is 11.3 Å². The van der Waals surface area contributed by atoms with E-state index in [1.807, 2.05) is 0 Å². The molecule has 2 aliphatic heterocycles. The van der Waals surface area contributed by atoms with Gasteiger partial charge in [0.1, 0.15) is 6.10 Å². The van der Waals surface area contributed by atoms with E-state index < -0.39 is 0 Å². The van der Waals surface area contributed by atoms with E-state index in [9.17, 15) is 5.11 Å². The number of thiophene rings is 1. The molecule has 0 unspecified atom stereocenters. The van der Waals surface area contributed by atoms with Crippen molar-refractivity contribution in [2.24, 2.45) is 0 Å². The summed E-state index contributed by atoms with van der Waals surface area (Å²) in [7, 11) is 0. The highest BCUT2D eigenvalue weighted by Crippen LogP contribution is 2.38. The van der Waals surface area contributed by atoms with E-state index in [4.69, 9.17) is 0 Å². The molecule has 2 nitrogen and oxygen atoms in total. The molecule has 1 N–H and O–H groups in total. The molecule has 3 rings (SSSR count). The molecule has 76 valence electrons. The number of rotatable bonds is 0. The Morgan fingerprint density at radius 1 is 1.43 bits per heavy atom. The van der Waals surface area contributed by atoms with Crippen molar-refractivity contribution in [3.8, 4) is 0 Å². The number of fused-ring (bicyclic) bond motifs is 2. The van der Waals surface area contributed by atoms with Crippen molar-refractivity contribution in [3.05, 3.63) is 21.9 Å². The topological polar surface area (TPSA) is 23.5 Å². The summed E-state index contributed by atoms with van der Waals surface area (Å²) < 4.78 is 0. The maximum atomic E-state index is 10.2. The number of aliphatic hydroxyl groups excluding tert-OH is 1. The van der Waals surface area contributed by atoms with E-state index in [1.165, 1.54) is 29.7 Å². The molecule has 2 atom stereocenters. The maximum Gasteiger partial charge on any atom is 0.104 e. The molecule has 3 heteroatoms. The molecule has 1 fully saturated rings. The molecule has 0 radical (unpaired) electrons. The zero-order valence-corrected chi connectivity index (χ0v) is 8.96. The molecule has 14 heavy (non-hydrogen) atoms. The van der Waals surface area contributed by atoms with Gasteiger partial charge < -0.3 is 5.11 Å². The number of nitrogens with zero attached hydrogens (tertiary/aromatic N) is 1. The fraction of sp³-hybridized carbons (Fsp3) is 0.636. The first kappa shape index (κ1) is 8.89. The van der Waals surface area contributed by atoms with Crippen LogP contribution in [0.15, 0.2) is 11.4 Å². The van der Waals surface area contributed by atoms with E-state index in [2.05, 4.69) is 16.3 Å². The Kier molecular flexibility index (Phi) is 2.11. The zero-order chi connectivity index (χ0) is 9.54. The van der Waals surface area contributed by atoms with Crippen LogP contribution in [-0.2, 0) is 6.54 Å². The van der Waals surface area contributed by atoms with Crippen LogP contribution in [-0.4, -0.2) is 22.6 Å². The first-order valence-corrected chi connectivity index (χ1v) is 6.22. The minimum atomic E-state index is -0.223. The number of hydrogen-bond donors (Lipinski definition) is 1. The van der Waals surface area contributed by atoms with E-state index in [0.29, 0.717) is 6.04 Å². The highest BCUT2D eigenvalue weighted by atomic mass is 32.1. The highest BCUT2D eigenvalue weighted by Gasteiger charge is 2.35. The minimum Gasteiger partial charge on any atom is -0.386 e. The zero-order valence-electron chi connectivity index (χ0n) is 8.15. The fourth-order valence-electron chi connectivity index (χ4n) is 2.70. The van der Waals surface area contributed by atoms with Gasteiger partial charge in [0, 0.05) is 17.5 Å². The molecule has 1 aromatic heterocycles. The first-order chi connectivity index (χ1) is 6.86. The van der Waals surface area contributed by atoms with Gasteiger partial charge in [-0.25, -0.2) is 0 Å². The summed E-state index contributed by atoms with van der Waals surface area (Å²) >= 11 is 1.71. The lowest BCUT2D eigenvalue weighted by molar-refractivity contribution is 0.00868. The van der Waals surface area contributed by atoms with Gasteiger partial charge >= 0.3 is 0 Å². The van der Waals surface area contributed by atoms with Gasteiger partial charge in [0.15, 0.2) is 0 Å². The van der Waals surface area contributed by atoms with Crippen LogP contribution in [0.25, 0.3) is 0 Å². The average molecular weight is 209 g/mol. The minimum absolute atomic E-state index is 0.223. The molecule has 0 bridgehead atoms. The standard InChI is InChI=1S/C11H15NOS/c13-10-9-3-1-2-5-12(9)7-8-4-6-14-11(8)10/h4,6,9-10,13H,1-3,5,7H2/t9-,10+/m1/s1. The van der Waals surface area contributed by atoms with Crippen molar-refractivity contribution in [1.82, 2.24) is 4.90 Å². The second-order valence-corrected chi connectivity index (χ2v) is 5.24. The van der Waals surface area contributed by atoms with Gasteiger partial charge in [0.05, 0.1) is 0 Å². The van der Waals surface area contributed by atoms with E-state index >= 15 is 0 Å². The highest BCUT2D eigenvalue weighted by molar-refractivity contribution is 7.10. The predicted octanol–water partition coefficient (Wildman–Crippen LogP) is 2.15. The van der Waals surface area contributed by atoms with E-state index in [0.717, 1.165) is 13.1 Å². The maximum absolute atomic E-state index is 10.2. The summed E-state index contributed by atoms with van der Waals surface area (Å²) in [6, 6.07) is 2.56. The van der Waals surface area contributed by atoms with Crippen LogP contribution in [0.3, 0.4) is 0 Å². The van der Waals surface area contributed by atoms with E-state index in [-0.39, 0.29) is 6.10 Å². The monoisotopic (exact) mass is 209 g/mol. The average Bonchev–Trinajstić information content (AvgIpc) is 2.66. The number of hydrogen-bond acceptors (Lipinski definition) is 3. The second kappa shape index (κ2) is 3.33. The molecule has 0 amide bonds. The fourth-order valence-corrected chi connectivity index (χ4v) is 3.66. The molecule has 0 aromatic carbocycles. The predicted molar refractivity (Wildman–Crippen MR) is 57.3 cm³/mol. The largest absolute Gasteiger partial charge is 0.386 e. The summed E-state index contributed by atoms with van der Waals surface area (Å²) in [6.07, 6.45) is 3.51. The molecule has 0 aliphatic carbocycles. The SMILES string of the molecule is O[C@@H]1c2sccc2CN2CCCC[C@H]12. The van der Waals surface area contributed by atoms with Crippen molar-refractivity contribution in [2.75, 3.05) is 6.54 Å². The van der Waals surface area contributed by atoms with Crippen LogP contribution in [0.2, 0.25) is 0 Å². The van der Waals surface area contributed by atoms with Crippen LogP contribution >= 0.6 is 11.3 Å². The molecule has 0 spiro atoms. The molecule has 3 heterocycles. The van der Waals surface area contributed by atoms with Crippen LogP contribution in [0.5, 0.6) is 0 Å². The van der Waals surface area contributed by atoms with Crippen LogP contribution < -0.4 is 0 Å². The Labute approximate surface area is 88.2 Å². The third kappa shape index (κ3) is 1.23. The van der Waals surface area contributed by atoms with Gasteiger partial charge in [-0.05, 0) is 36.4 Å². The summed E-state index contributed by atoms with van der Waals surface area (Å²) in [5.74, 6) is 0. The molecule has 0 saturated carbocycles. The van der Waals surface area contributed by atoms with E-state index in [1.54, 1.807) is 11.3 Å². The summed E-state index contributed by atoms with van der Waals surface area (Å²) in [6.45, 7) is 2.22. The third-order valence-corrected chi connectivity index (χ3v) is 4.48. The summed E-state index contributed by atoms with van der Waals surface area (Å²) in [5.41, 5.74) is 1.35. The lowest BCUT2D eigenvalue weighted by Gasteiger charge is -2.41.